The number of hydrogen-bond donors (Lipinski definition) is 0. The minimum absolute atomic E-state index is 0. The van der Waals surface area contributed by atoms with E-state index in [1.54, 1.807) is 0 Å². The van der Waals surface area contributed by atoms with Gasteiger partial charge in [-0.05, 0) is 53.4 Å². The molecule has 0 aromatic heterocycles. The summed E-state index contributed by atoms with van der Waals surface area (Å²) in [5.74, 6) is 0. The van der Waals surface area contributed by atoms with E-state index in [-0.39, 0.29) is 35.6 Å². The van der Waals surface area contributed by atoms with Crippen molar-refractivity contribution in [1.29, 1.82) is 0 Å². The summed E-state index contributed by atoms with van der Waals surface area (Å²) in [5.41, 5.74) is 8.82. The van der Waals surface area contributed by atoms with Crippen LogP contribution in [0.2, 0.25) is 0 Å². The first-order valence-electron chi connectivity index (χ1n) is 14.0. The third kappa shape index (κ3) is 7.53. The maximum Gasteiger partial charge on any atom is 1.00 e. The van der Waals surface area contributed by atoms with Gasteiger partial charge in [-0.2, -0.15) is 30.3 Å². The van der Waals surface area contributed by atoms with Crippen LogP contribution in [0, 0.1) is 6.07 Å². The van der Waals surface area contributed by atoms with E-state index in [1.165, 1.54) is 39.1 Å². The Hall–Kier alpha value is -3.14. The van der Waals surface area contributed by atoms with E-state index in [0.29, 0.717) is 0 Å². The Bertz CT molecular complexity index is 1390. The minimum Gasteiger partial charge on any atom is -0.367 e. The number of allylic oxidation sites excluding steroid dienone is 3. The van der Waals surface area contributed by atoms with Gasteiger partial charge in [0.1, 0.15) is 0 Å². The molecule has 4 aromatic rings. The van der Waals surface area contributed by atoms with Gasteiger partial charge in [0, 0.05) is 31.4 Å². The van der Waals surface area contributed by atoms with Crippen molar-refractivity contribution < 1.29 is 29.6 Å². The third-order valence-corrected chi connectivity index (χ3v) is 7.42. The van der Waals surface area contributed by atoms with Crippen molar-refractivity contribution in [2.45, 2.75) is 33.0 Å². The second-order valence-electron chi connectivity index (χ2n) is 9.92. The molecule has 5 rings (SSSR count). The molecular weight excluding hydrogens is 495 g/mol. The number of hydrogen-bond acceptors (Lipinski definition) is 2. The predicted molar refractivity (Wildman–Crippen MR) is 166 cm³/mol. The zero-order valence-corrected chi connectivity index (χ0v) is 26.0. The number of nitrogens with zero attached hydrogens (tertiary/aromatic N) is 2. The van der Waals surface area contributed by atoms with E-state index in [1.807, 2.05) is 12.1 Å². The number of rotatable bonds is 10. The first kappa shape index (κ1) is 29.8. The SMILES string of the molecule is CCN(Cc1ccccc1)c1ccc(C(=C2C=CC(N(CC)Cc3ccccc3)C=C2)c2cc[c-]cc2)cc1.[Na+]. The van der Waals surface area contributed by atoms with Crippen LogP contribution in [0.25, 0.3) is 5.57 Å². The van der Waals surface area contributed by atoms with Gasteiger partial charge in [0.2, 0.25) is 0 Å². The van der Waals surface area contributed by atoms with Crippen LogP contribution < -0.4 is 34.5 Å². The molecule has 1 aliphatic carbocycles. The molecule has 0 spiro atoms. The van der Waals surface area contributed by atoms with Crippen LogP contribution in [0.1, 0.15) is 36.1 Å². The summed E-state index contributed by atoms with van der Waals surface area (Å²) in [6, 6.07) is 42.2. The van der Waals surface area contributed by atoms with Gasteiger partial charge in [-0.1, -0.05) is 104 Å². The van der Waals surface area contributed by atoms with Gasteiger partial charge in [-0.15, -0.1) is 5.56 Å². The molecule has 0 unspecified atom stereocenters. The Morgan fingerprint density at radius 3 is 1.75 bits per heavy atom. The monoisotopic (exact) mass is 532 g/mol. The van der Waals surface area contributed by atoms with Crippen LogP contribution in [0.5, 0.6) is 0 Å². The van der Waals surface area contributed by atoms with Crippen LogP contribution in [0.4, 0.5) is 5.69 Å². The molecule has 0 bridgehead atoms. The van der Waals surface area contributed by atoms with Crippen molar-refractivity contribution in [2.75, 3.05) is 18.0 Å². The van der Waals surface area contributed by atoms with Crippen molar-refractivity contribution >= 4 is 11.3 Å². The largest absolute Gasteiger partial charge is 1.00 e. The van der Waals surface area contributed by atoms with Crippen LogP contribution in [0.3, 0.4) is 0 Å². The molecule has 0 saturated carbocycles. The van der Waals surface area contributed by atoms with Crippen molar-refractivity contribution in [1.82, 2.24) is 4.90 Å². The average molecular weight is 533 g/mol. The van der Waals surface area contributed by atoms with Crippen LogP contribution in [-0.2, 0) is 13.1 Å². The minimum atomic E-state index is 0. The molecule has 0 saturated heterocycles. The predicted octanol–water partition coefficient (Wildman–Crippen LogP) is 5.34. The average Bonchev–Trinajstić information content (AvgIpc) is 3.01. The number of anilines is 1. The Morgan fingerprint density at radius 2 is 1.20 bits per heavy atom. The van der Waals surface area contributed by atoms with Crippen molar-refractivity contribution in [2.24, 2.45) is 0 Å². The third-order valence-electron chi connectivity index (χ3n) is 7.42. The molecule has 0 radical (unpaired) electrons. The summed E-state index contributed by atoms with van der Waals surface area (Å²) >= 11 is 0. The normalized spacial score (nSPS) is 14.2. The molecule has 0 N–H and O–H groups in total. The Labute approximate surface area is 262 Å². The van der Waals surface area contributed by atoms with Crippen molar-refractivity contribution in [3.63, 3.8) is 0 Å². The quantitative estimate of drug-likeness (QED) is 0.201. The molecule has 0 heterocycles. The maximum absolute atomic E-state index is 3.18. The second-order valence-corrected chi connectivity index (χ2v) is 9.92. The number of benzene rings is 4. The molecule has 0 aliphatic heterocycles. The van der Waals surface area contributed by atoms with Gasteiger partial charge in [-0.25, -0.2) is 0 Å². The van der Waals surface area contributed by atoms with Crippen molar-refractivity contribution in [3.8, 4) is 0 Å². The van der Waals surface area contributed by atoms with E-state index < -0.39 is 0 Å². The smallest absolute Gasteiger partial charge is 0.367 e. The summed E-state index contributed by atoms with van der Waals surface area (Å²) < 4.78 is 0. The zero-order valence-electron chi connectivity index (χ0n) is 24.0. The fraction of sp³-hybridized carbons (Fsp3) is 0.189. The zero-order chi connectivity index (χ0) is 26.9. The molecule has 0 atom stereocenters. The second kappa shape index (κ2) is 15.0. The topological polar surface area (TPSA) is 6.48 Å². The molecule has 40 heavy (non-hydrogen) atoms. The van der Waals surface area contributed by atoms with Crippen LogP contribution in [-0.4, -0.2) is 24.0 Å². The molecule has 0 amide bonds. The van der Waals surface area contributed by atoms with Gasteiger partial charge in [0.05, 0.1) is 0 Å². The Morgan fingerprint density at radius 1 is 0.650 bits per heavy atom. The summed E-state index contributed by atoms with van der Waals surface area (Å²) in [5, 5.41) is 0. The van der Waals surface area contributed by atoms with Gasteiger partial charge in [0.15, 0.2) is 0 Å². The van der Waals surface area contributed by atoms with Crippen molar-refractivity contribution in [3.05, 3.63) is 167 Å². The van der Waals surface area contributed by atoms with Gasteiger partial charge >= 0.3 is 29.6 Å². The van der Waals surface area contributed by atoms with Crippen LogP contribution in [0.15, 0.2) is 139 Å². The molecule has 3 heteroatoms. The first-order valence-corrected chi connectivity index (χ1v) is 14.0. The van der Waals surface area contributed by atoms with E-state index in [4.69, 9.17) is 0 Å². The summed E-state index contributed by atoms with van der Waals surface area (Å²) in [6.07, 6.45) is 9.27. The van der Waals surface area contributed by atoms with Gasteiger partial charge in [-0.3, -0.25) is 4.90 Å². The molecule has 4 aromatic carbocycles. The molecular formula is C37H37N2Na. The fourth-order valence-corrected chi connectivity index (χ4v) is 5.26. The summed E-state index contributed by atoms with van der Waals surface area (Å²) in [4.78, 5) is 4.91. The molecule has 0 fully saturated rings. The Kier molecular flexibility index (Phi) is 11.2. The molecule has 196 valence electrons. The fourth-order valence-electron chi connectivity index (χ4n) is 5.26. The van der Waals surface area contributed by atoms with Gasteiger partial charge in [0.25, 0.3) is 0 Å². The van der Waals surface area contributed by atoms with E-state index >= 15 is 0 Å². The van der Waals surface area contributed by atoms with E-state index in [9.17, 15) is 0 Å². The summed E-state index contributed by atoms with van der Waals surface area (Å²) in [6.45, 7) is 8.25. The van der Waals surface area contributed by atoms with E-state index in [2.05, 4.69) is 151 Å². The van der Waals surface area contributed by atoms with E-state index in [0.717, 1.165) is 26.2 Å². The standard InChI is InChI=1S/C37H37N2.Na/c1-3-38(28-30-14-8-5-9-15-30)35-24-20-33(21-25-35)37(32-18-12-7-13-19-32)34-22-26-36(27-23-34)39(4-2)29-31-16-10-6-11-17-31;/h5-6,8-27,35H,3-4,28-29H2,1-2H3;/q-1;+1. The number of likely N-dealkylation sites (N-methyl/N-ethyl adjacent to an activating group) is 1. The first-order chi connectivity index (χ1) is 19.2. The molecule has 2 nitrogen and oxygen atoms in total. The van der Waals surface area contributed by atoms with Gasteiger partial charge < -0.3 is 4.90 Å². The Balaban J connectivity index is 0.00000370. The summed E-state index contributed by atoms with van der Waals surface area (Å²) in [7, 11) is 0. The van der Waals surface area contributed by atoms with Crippen LogP contribution >= 0.6 is 0 Å². The maximum atomic E-state index is 3.18. The molecule has 1 aliphatic rings.